The van der Waals surface area contributed by atoms with E-state index < -0.39 is 22.6 Å². The molecule has 0 N–H and O–H groups in total. The minimum Gasteiger partial charge on any atom is -0.372 e. The van der Waals surface area contributed by atoms with Crippen LogP contribution in [0, 0.1) is 0 Å². The van der Waals surface area contributed by atoms with Crippen molar-refractivity contribution < 1.29 is 26.3 Å². The first-order chi connectivity index (χ1) is 8.22. The van der Waals surface area contributed by atoms with Gasteiger partial charge < -0.3 is 4.74 Å². The van der Waals surface area contributed by atoms with E-state index in [0.717, 1.165) is 10.9 Å². The molecule has 1 aromatic rings. The highest BCUT2D eigenvalue weighted by molar-refractivity contribution is 7.91. The van der Waals surface area contributed by atoms with E-state index in [0.29, 0.717) is 0 Å². The number of nitrogens with zero attached hydrogens (tertiary/aromatic N) is 3. The summed E-state index contributed by atoms with van der Waals surface area (Å²) in [5, 5.41) is 6.81. The van der Waals surface area contributed by atoms with Crippen LogP contribution >= 0.6 is 0 Å². The van der Waals surface area contributed by atoms with Crippen LogP contribution in [0.4, 0.5) is 13.2 Å². The number of aryl methyl sites for hydroxylation is 1. The lowest BCUT2D eigenvalue weighted by Crippen LogP contribution is -2.19. The molecule has 0 fully saturated rings. The lowest BCUT2D eigenvalue weighted by atomic mass is 10.5. The number of hydrogen-bond acceptors (Lipinski definition) is 5. The molecule has 104 valence electrons. The standard InChI is InChI=1S/C8H12F3N3O3S/c1-14-7(5-12-13-14)18(15,16)4-2-3-17-6-8(9,10)11/h5H,2-4,6H2,1H3. The summed E-state index contributed by atoms with van der Waals surface area (Å²) in [5.41, 5.74) is 0. The van der Waals surface area contributed by atoms with Gasteiger partial charge in [0.05, 0.1) is 11.9 Å². The van der Waals surface area contributed by atoms with E-state index in [4.69, 9.17) is 0 Å². The molecule has 0 aliphatic carbocycles. The van der Waals surface area contributed by atoms with E-state index in [2.05, 4.69) is 15.0 Å². The van der Waals surface area contributed by atoms with Crippen LogP contribution in [0.1, 0.15) is 6.42 Å². The molecule has 0 saturated carbocycles. The molecule has 1 heterocycles. The van der Waals surface area contributed by atoms with Crippen molar-refractivity contribution in [1.82, 2.24) is 15.0 Å². The van der Waals surface area contributed by atoms with E-state index in [1.54, 1.807) is 0 Å². The molecule has 6 nitrogen and oxygen atoms in total. The molecule has 10 heteroatoms. The summed E-state index contributed by atoms with van der Waals surface area (Å²) < 4.78 is 64.0. The van der Waals surface area contributed by atoms with Crippen molar-refractivity contribution in [3.63, 3.8) is 0 Å². The third-order valence-electron chi connectivity index (χ3n) is 1.96. The summed E-state index contributed by atoms with van der Waals surface area (Å²) in [6.07, 6.45) is -3.33. The van der Waals surface area contributed by atoms with Crippen LogP contribution < -0.4 is 0 Å². The third-order valence-corrected chi connectivity index (χ3v) is 3.79. The normalized spacial score (nSPS) is 12.9. The van der Waals surface area contributed by atoms with Gasteiger partial charge in [-0.1, -0.05) is 5.21 Å². The summed E-state index contributed by atoms with van der Waals surface area (Å²) in [6.45, 7) is -1.65. The molecule has 0 spiro atoms. The van der Waals surface area contributed by atoms with E-state index in [1.807, 2.05) is 0 Å². The van der Waals surface area contributed by atoms with Crippen LogP contribution in [0.2, 0.25) is 0 Å². The third kappa shape index (κ3) is 4.61. The van der Waals surface area contributed by atoms with Crippen molar-refractivity contribution in [3.05, 3.63) is 6.20 Å². The maximum absolute atomic E-state index is 11.7. The molecule has 0 saturated heterocycles. The fourth-order valence-electron chi connectivity index (χ4n) is 1.21. The van der Waals surface area contributed by atoms with Crippen molar-refractivity contribution >= 4 is 9.84 Å². The number of halogens is 3. The molecule has 1 aromatic heterocycles. The second-order valence-electron chi connectivity index (χ2n) is 3.54. The van der Waals surface area contributed by atoms with Crippen molar-refractivity contribution in [2.75, 3.05) is 19.0 Å². The number of alkyl halides is 3. The highest BCUT2D eigenvalue weighted by Gasteiger charge is 2.27. The Labute approximate surface area is 102 Å². The van der Waals surface area contributed by atoms with Crippen molar-refractivity contribution in [2.24, 2.45) is 7.05 Å². The van der Waals surface area contributed by atoms with Gasteiger partial charge in [-0.05, 0) is 6.42 Å². The van der Waals surface area contributed by atoms with Crippen LogP contribution in [0.25, 0.3) is 0 Å². The van der Waals surface area contributed by atoms with Gasteiger partial charge in [-0.2, -0.15) is 13.2 Å². The summed E-state index contributed by atoms with van der Waals surface area (Å²) in [5.74, 6) is -0.313. The first-order valence-corrected chi connectivity index (χ1v) is 6.59. The van der Waals surface area contributed by atoms with Crippen molar-refractivity contribution in [3.8, 4) is 0 Å². The predicted molar refractivity (Wildman–Crippen MR) is 54.5 cm³/mol. The minimum absolute atomic E-state index is 0.0242. The van der Waals surface area contributed by atoms with E-state index in [9.17, 15) is 21.6 Å². The quantitative estimate of drug-likeness (QED) is 0.715. The largest absolute Gasteiger partial charge is 0.411 e. The molecular weight excluding hydrogens is 275 g/mol. The molecule has 0 amide bonds. The fourth-order valence-corrected chi connectivity index (χ4v) is 2.56. The lowest BCUT2D eigenvalue weighted by Gasteiger charge is -2.07. The average molecular weight is 287 g/mol. The van der Waals surface area contributed by atoms with Crippen molar-refractivity contribution in [2.45, 2.75) is 17.6 Å². The Bertz CT molecular complexity index is 483. The molecule has 1 rings (SSSR count). The second kappa shape index (κ2) is 5.65. The predicted octanol–water partition coefficient (Wildman–Crippen LogP) is 0.558. The van der Waals surface area contributed by atoms with Gasteiger partial charge in [-0.25, -0.2) is 13.1 Å². The maximum Gasteiger partial charge on any atom is 0.411 e. The first kappa shape index (κ1) is 14.9. The molecule has 0 aromatic carbocycles. The number of rotatable bonds is 6. The number of sulfone groups is 1. The Kier molecular flexibility index (Phi) is 4.68. The summed E-state index contributed by atoms with van der Waals surface area (Å²) in [7, 11) is -2.17. The monoisotopic (exact) mass is 287 g/mol. The van der Waals surface area contributed by atoms with E-state index >= 15 is 0 Å². The Balaban J connectivity index is 2.38. The average Bonchev–Trinajstić information content (AvgIpc) is 2.62. The number of ether oxygens (including phenoxy) is 1. The van der Waals surface area contributed by atoms with Crippen LogP contribution in [0.5, 0.6) is 0 Å². The van der Waals surface area contributed by atoms with Crippen LogP contribution in [-0.4, -0.2) is 48.6 Å². The Morgan fingerprint density at radius 1 is 1.44 bits per heavy atom. The zero-order valence-electron chi connectivity index (χ0n) is 9.51. The number of hydrogen-bond donors (Lipinski definition) is 0. The van der Waals surface area contributed by atoms with Gasteiger partial charge in [0.1, 0.15) is 6.61 Å². The Morgan fingerprint density at radius 3 is 2.61 bits per heavy atom. The minimum atomic E-state index is -4.40. The van der Waals surface area contributed by atoms with E-state index in [-0.39, 0.29) is 23.8 Å². The van der Waals surface area contributed by atoms with Crippen molar-refractivity contribution in [1.29, 1.82) is 0 Å². The summed E-state index contributed by atoms with van der Waals surface area (Å²) >= 11 is 0. The van der Waals surface area contributed by atoms with E-state index in [1.165, 1.54) is 7.05 Å². The van der Waals surface area contributed by atoms with Crippen LogP contribution in [-0.2, 0) is 21.6 Å². The van der Waals surface area contributed by atoms with Crippen LogP contribution in [0.15, 0.2) is 11.2 Å². The smallest absolute Gasteiger partial charge is 0.372 e. The zero-order valence-corrected chi connectivity index (χ0v) is 10.3. The molecule has 0 aliphatic heterocycles. The second-order valence-corrected chi connectivity index (χ2v) is 5.59. The van der Waals surface area contributed by atoms with Gasteiger partial charge in [0.25, 0.3) is 0 Å². The SMILES string of the molecule is Cn1nncc1S(=O)(=O)CCCOCC(F)(F)F. The Morgan fingerprint density at radius 2 is 2.11 bits per heavy atom. The van der Waals surface area contributed by atoms with Gasteiger partial charge >= 0.3 is 6.18 Å². The lowest BCUT2D eigenvalue weighted by molar-refractivity contribution is -0.173. The molecule has 18 heavy (non-hydrogen) atoms. The van der Waals surface area contributed by atoms with Gasteiger partial charge in [-0.15, -0.1) is 5.10 Å². The molecule has 0 bridgehead atoms. The molecule has 0 atom stereocenters. The highest BCUT2D eigenvalue weighted by atomic mass is 32.2. The topological polar surface area (TPSA) is 74.1 Å². The zero-order chi connectivity index (χ0) is 13.8. The number of aromatic nitrogens is 3. The molecule has 0 unspecified atom stereocenters. The maximum atomic E-state index is 11.7. The summed E-state index contributed by atoms with van der Waals surface area (Å²) in [4.78, 5) is 0. The van der Waals surface area contributed by atoms with Gasteiger partial charge in [0, 0.05) is 13.7 Å². The molecule has 0 radical (unpaired) electrons. The highest BCUT2D eigenvalue weighted by Crippen LogP contribution is 2.15. The van der Waals surface area contributed by atoms with Gasteiger partial charge in [0.15, 0.2) is 14.9 Å². The fraction of sp³-hybridized carbons (Fsp3) is 0.750. The van der Waals surface area contributed by atoms with Crippen LogP contribution in [0.3, 0.4) is 0 Å². The van der Waals surface area contributed by atoms with Gasteiger partial charge in [-0.3, -0.25) is 0 Å². The molecular formula is C8H12F3N3O3S. The van der Waals surface area contributed by atoms with Gasteiger partial charge in [0.2, 0.25) is 0 Å². The molecule has 0 aliphatic rings. The first-order valence-electron chi connectivity index (χ1n) is 4.94. The Hall–Kier alpha value is -1.16. The summed E-state index contributed by atoms with van der Waals surface area (Å²) in [6, 6.07) is 0.